The number of hydrogen-bond donors (Lipinski definition) is 1. The Kier molecular flexibility index (Phi) is 5.32. The van der Waals surface area contributed by atoms with Crippen molar-refractivity contribution in [3.05, 3.63) is 83.4 Å². The Morgan fingerprint density at radius 1 is 1.09 bits per heavy atom. The highest BCUT2D eigenvalue weighted by Crippen LogP contribution is 2.38. The van der Waals surface area contributed by atoms with E-state index in [2.05, 4.69) is 6.07 Å². The number of nitriles is 1. The molecule has 3 heteroatoms. The molecule has 0 aliphatic rings. The molecule has 2 rings (SSSR count). The first-order valence-electron chi connectivity index (χ1n) is 7.57. The summed E-state index contributed by atoms with van der Waals surface area (Å²) in [6, 6.07) is 21.4. The van der Waals surface area contributed by atoms with E-state index in [1.54, 1.807) is 6.08 Å². The zero-order valence-corrected chi connectivity index (χ0v) is 13.1. The van der Waals surface area contributed by atoms with Gasteiger partial charge in [-0.2, -0.15) is 5.26 Å². The quantitative estimate of drug-likeness (QED) is 0.809. The number of rotatable bonds is 6. The molecule has 0 aromatic heterocycles. The van der Waals surface area contributed by atoms with Crippen LogP contribution in [-0.2, 0) is 10.2 Å². The van der Waals surface area contributed by atoms with E-state index in [0.29, 0.717) is 12.0 Å². The summed E-state index contributed by atoms with van der Waals surface area (Å²) < 4.78 is 0. The minimum absolute atomic E-state index is 0.178. The van der Waals surface area contributed by atoms with E-state index >= 15 is 0 Å². The Morgan fingerprint density at radius 2 is 1.57 bits per heavy atom. The highest BCUT2D eigenvalue weighted by atomic mass is 16.4. The van der Waals surface area contributed by atoms with Crippen molar-refractivity contribution >= 4 is 5.97 Å². The van der Waals surface area contributed by atoms with Gasteiger partial charge in [0.2, 0.25) is 0 Å². The number of carbonyl (C=O) groups is 1. The molecule has 0 aliphatic heterocycles. The highest BCUT2D eigenvalue weighted by molar-refractivity contribution is 5.87. The van der Waals surface area contributed by atoms with Crippen molar-refractivity contribution in [2.75, 3.05) is 0 Å². The number of carboxylic acids is 1. The molecule has 0 bridgehead atoms. The predicted octanol–water partition coefficient (Wildman–Crippen LogP) is 4.31. The van der Waals surface area contributed by atoms with Crippen molar-refractivity contribution in [1.29, 1.82) is 5.26 Å². The van der Waals surface area contributed by atoms with Crippen LogP contribution in [0.3, 0.4) is 0 Å². The maximum Gasteiger partial charge on any atom is 0.331 e. The van der Waals surface area contributed by atoms with Crippen LogP contribution in [0, 0.1) is 11.3 Å². The lowest BCUT2D eigenvalue weighted by atomic mass is 9.71. The largest absolute Gasteiger partial charge is 0.478 e. The van der Waals surface area contributed by atoms with Crippen molar-refractivity contribution in [2.24, 2.45) is 0 Å². The van der Waals surface area contributed by atoms with E-state index in [1.807, 2.05) is 67.6 Å². The molecular formula is C20H19NO2. The van der Waals surface area contributed by atoms with Crippen molar-refractivity contribution in [2.45, 2.75) is 25.2 Å². The van der Waals surface area contributed by atoms with Crippen LogP contribution in [0.5, 0.6) is 0 Å². The van der Waals surface area contributed by atoms with Gasteiger partial charge in [-0.15, -0.1) is 0 Å². The highest BCUT2D eigenvalue weighted by Gasteiger charge is 2.33. The van der Waals surface area contributed by atoms with Crippen LogP contribution >= 0.6 is 0 Å². The van der Waals surface area contributed by atoms with Gasteiger partial charge in [-0.05, 0) is 17.5 Å². The van der Waals surface area contributed by atoms with E-state index < -0.39 is 11.4 Å². The smallest absolute Gasteiger partial charge is 0.331 e. The van der Waals surface area contributed by atoms with Gasteiger partial charge in [0, 0.05) is 5.57 Å². The molecule has 0 fully saturated rings. The van der Waals surface area contributed by atoms with Gasteiger partial charge >= 0.3 is 5.97 Å². The maximum atomic E-state index is 11.5. The number of allylic oxidation sites excluding steroid dienone is 1. The number of nitrogens with zero attached hydrogens (tertiary/aromatic N) is 1. The second kappa shape index (κ2) is 7.42. The first-order chi connectivity index (χ1) is 11.1. The van der Waals surface area contributed by atoms with Crippen LogP contribution in [0.2, 0.25) is 0 Å². The summed E-state index contributed by atoms with van der Waals surface area (Å²) in [4.78, 5) is 11.5. The molecule has 23 heavy (non-hydrogen) atoms. The van der Waals surface area contributed by atoms with Gasteiger partial charge in [-0.3, -0.25) is 0 Å². The zero-order valence-electron chi connectivity index (χ0n) is 13.1. The molecule has 2 aromatic carbocycles. The van der Waals surface area contributed by atoms with E-state index in [9.17, 15) is 15.2 Å². The van der Waals surface area contributed by atoms with E-state index in [-0.39, 0.29) is 6.42 Å². The van der Waals surface area contributed by atoms with Gasteiger partial charge in [0.25, 0.3) is 0 Å². The molecule has 0 atom stereocenters. The zero-order chi connectivity index (χ0) is 16.7. The molecule has 0 amide bonds. The van der Waals surface area contributed by atoms with Crippen LogP contribution in [0.15, 0.2) is 72.3 Å². The lowest BCUT2D eigenvalue weighted by Crippen LogP contribution is -2.26. The van der Waals surface area contributed by atoms with Gasteiger partial charge in [-0.1, -0.05) is 73.7 Å². The minimum Gasteiger partial charge on any atom is -0.478 e. The summed E-state index contributed by atoms with van der Waals surface area (Å²) in [6.07, 6.45) is 2.32. The monoisotopic (exact) mass is 305 g/mol. The van der Waals surface area contributed by atoms with E-state index in [1.165, 1.54) is 0 Å². The number of aliphatic carboxylic acids is 1. The Morgan fingerprint density at radius 3 is 1.91 bits per heavy atom. The normalized spacial score (nSPS) is 11.7. The molecule has 0 spiro atoms. The van der Waals surface area contributed by atoms with Gasteiger partial charge in [0.15, 0.2) is 0 Å². The van der Waals surface area contributed by atoms with Crippen LogP contribution < -0.4 is 0 Å². The minimum atomic E-state index is -0.943. The maximum absolute atomic E-state index is 11.5. The Labute approximate surface area is 136 Å². The fraction of sp³-hybridized carbons (Fsp3) is 0.200. The Hall–Kier alpha value is -2.86. The lowest BCUT2D eigenvalue weighted by molar-refractivity contribution is -0.132. The van der Waals surface area contributed by atoms with Crippen molar-refractivity contribution in [1.82, 2.24) is 0 Å². The molecule has 1 N–H and O–H groups in total. The summed E-state index contributed by atoms with van der Waals surface area (Å²) in [5, 5.41) is 18.9. The summed E-state index contributed by atoms with van der Waals surface area (Å²) in [5.41, 5.74) is 1.38. The average molecular weight is 305 g/mol. The van der Waals surface area contributed by atoms with Crippen LogP contribution in [0.1, 0.15) is 30.9 Å². The fourth-order valence-electron chi connectivity index (χ4n) is 2.80. The second-order valence-electron chi connectivity index (χ2n) is 5.37. The first-order valence-corrected chi connectivity index (χ1v) is 7.57. The molecule has 0 heterocycles. The molecule has 2 aromatic rings. The molecular weight excluding hydrogens is 286 g/mol. The fourth-order valence-corrected chi connectivity index (χ4v) is 2.80. The molecule has 0 saturated heterocycles. The predicted molar refractivity (Wildman–Crippen MR) is 89.9 cm³/mol. The molecule has 3 nitrogen and oxygen atoms in total. The third-order valence-electron chi connectivity index (χ3n) is 4.01. The first kappa shape index (κ1) is 16.5. The average Bonchev–Trinajstić information content (AvgIpc) is 2.60. The summed E-state index contributed by atoms with van der Waals surface area (Å²) >= 11 is 0. The standard InChI is InChI=1S/C20H19NO2/c1-2-16(19(22)23)15-20(13-14-21,17-9-5-3-6-10-17)18-11-7-4-8-12-18/h3-12,15H,2,13H2,1H3,(H,22,23). The topological polar surface area (TPSA) is 61.1 Å². The lowest BCUT2D eigenvalue weighted by Gasteiger charge is -2.30. The van der Waals surface area contributed by atoms with Crippen molar-refractivity contribution in [3.63, 3.8) is 0 Å². The molecule has 0 aliphatic carbocycles. The number of hydrogen-bond acceptors (Lipinski definition) is 2. The second-order valence-corrected chi connectivity index (χ2v) is 5.37. The Bertz CT molecular complexity index is 688. The van der Waals surface area contributed by atoms with Gasteiger partial charge in [-0.25, -0.2) is 4.79 Å². The molecule has 0 radical (unpaired) electrons. The summed E-state index contributed by atoms with van der Waals surface area (Å²) in [7, 11) is 0. The van der Waals surface area contributed by atoms with Gasteiger partial charge < -0.3 is 5.11 Å². The summed E-state index contributed by atoms with van der Waals surface area (Å²) in [6.45, 7) is 1.81. The Balaban J connectivity index is 2.76. The van der Waals surface area contributed by atoms with E-state index in [4.69, 9.17) is 0 Å². The van der Waals surface area contributed by atoms with Crippen molar-refractivity contribution in [3.8, 4) is 6.07 Å². The van der Waals surface area contributed by atoms with Crippen LogP contribution in [0.4, 0.5) is 0 Å². The number of carboxylic acid groups (broad SMARTS) is 1. The van der Waals surface area contributed by atoms with Gasteiger partial charge in [0.1, 0.15) is 0 Å². The summed E-state index contributed by atoms with van der Waals surface area (Å²) in [5.74, 6) is -0.943. The molecule has 0 saturated carbocycles. The molecule has 0 unspecified atom stereocenters. The SMILES string of the molecule is CCC(=CC(CC#N)(c1ccccc1)c1ccccc1)C(=O)O. The van der Waals surface area contributed by atoms with Crippen LogP contribution in [-0.4, -0.2) is 11.1 Å². The van der Waals surface area contributed by atoms with Crippen molar-refractivity contribution < 1.29 is 9.90 Å². The van der Waals surface area contributed by atoms with Crippen LogP contribution in [0.25, 0.3) is 0 Å². The van der Waals surface area contributed by atoms with E-state index in [0.717, 1.165) is 11.1 Å². The third kappa shape index (κ3) is 3.49. The van der Waals surface area contributed by atoms with Gasteiger partial charge in [0.05, 0.1) is 17.9 Å². The number of benzene rings is 2. The molecule has 116 valence electrons. The third-order valence-corrected chi connectivity index (χ3v) is 4.01.